The summed E-state index contributed by atoms with van der Waals surface area (Å²) in [6, 6.07) is 26.8. The van der Waals surface area contributed by atoms with Crippen LogP contribution < -0.4 is 15.0 Å². The van der Waals surface area contributed by atoms with E-state index in [1.54, 1.807) is 59.5 Å². The standard InChI is InChI=1S/C37H27ClN4O5/c1-20-18-39-34-30(47-37(45)21-7-3-2-4-8-21)16-28-33(32(20)34)24(17-38)19-42(28)36(44)27-14-23-13-25(11-12-26(23)41-27)40-35(43)31-15-22-9-5-6-10-29(22)46-31/h2-16,18,24,39,41H,17,19H2,1H3,(H,40,43)/t24-/m1/s1. The first-order chi connectivity index (χ1) is 22.9. The topological polar surface area (TPSA) is 120 Å². The Bertz CT molecular complexity index is 2340. The number of carbonyl (C=O) groups excluding carboxylic acids is 3. The van der Waals surface area contributed by atoms with Crippen molar-refractivity contribution in [1.82, 2.24) is 9.97 Å². The summed E-state index contributed by atoms with van der Waals surface area (Å²) in [6.07, 6.45) is 1.86. The fraction of sp³-hybridized carbons (Fsp3) is 0.108. The molecule has 47 heavy (non-hydrogen) atoms. The van der Waals surface area contributed by atoms with Crippen molar-refractivity contribution < 1.29 is 23.5 Å². The summed E-state index contributed by atoms with van der Waals surface area (Å²) in [6.45, 7) is 2.33. The van der Waals surface area contributed by atoms with Crippen molar-refractivity contribution in [1.29, 1.82) is 0 Å². The summed E-state index contributed by atoms with van der Waals surface area (Å²) in [4.78, 5) is 48.3. The predicted molar refractivity (Wildman–Crippen MR) is 182 cm³/mol. The van der Waals surface area contributed by atoms with Gasteiger partial charge in [0.15, 0.2) is 11.5 Å². The van der Waals surface area contributed by atoms with E-state index in [1.807, 2.05) is 49.5 Å². The smallest absolute Gasteiger partial charge is 0.343 e. The number of halogens is 1. The number of benzene rings is 4. The minimum atomic E-state index is -0.497. The molecule has 7 aromatic rings. The lowest BCUT2D eigenvalue weighted by Crippen LogP contribution is -2.30. The molecule has 0 saturated heterocycles. The lowest BCUT2D eigenvalue weighted by molar-refractivity contribution is 0.0736. The van der Waals surface area contributed by atoms with E-state index < -0.39 is 5.97 Å². The number of furan rings is 1. The number of alkyl halides is 1. The number of aromatic amines is 2. The molecular formula is C37H27ClN4O5. The molecule has 0 radical (unpaired) electrons. The number of hydrogen-bond donors (Lipinski definition) is 3. The number of rotatable bonds is 6. The third-order valence-corrected chi connectivity index (χ3v) is 9.01. The van der Waals surface area contributed by atoms with E-state index >= 15 is 0 Å². The molecule has 0 unspecified atom stereocenters. The molecule has 4 heterocycles. The number of nitrogens with zero attached hydrogens (tertiary/aromatic N) is 1. The Labute approximate surface area is 273 Å². The van der Waals surface area contributed by atoms with Crippen LogP contribution in [0.2, 0.25) is 0 Å². The van der Waals surface area contributed by atoms with E-state index in [1.165, 1.54) is 0 Å². The Morgan fingerprint density at radius 2 is 1.79 bits per heavy atom. The zero-order valence-corrected chi connectivity index (χ0v) is 25.9. The van der Waals surface area contributed by atoms with Crippen LogP contribution in [-0.4, -0.2) is 40.2 Å². The number of hydrogen-bond acceptors (Lipinski definition) is 5. The number of ether oxygens (including phenoxy) is 1. The van der Waals surface area contributed by atoms with Gasteiger partial charge in [-0.1, -0.05) is 36.4 Å². The second kappa shape index (κ2) is 11.2. The molecule has 4 aromatic carbocycles. The van der Waals surface area contributed by atoms with E-state index in [0.717, 1.165) is 32.8 Å². The Hall–Kier alpha value is -5.80. The van der Waals surface area contributed by atoms with Gasteiger partial charge in [0, 0.05) is 58.0 Å². The molecule has 0 saturated carbocycles. The third-order valence-electron chi connectivity index (χ3n) is 8.64. The molecule has 1 aliphatic rings. The van der Waals surface area contributed by atoms with Crippen molar-refractivity contribution in [2.24, 2.45) is 0 Å². The normalized spacial score (nSPS) is 14.2. The lowest BCUT2D eigenvalue weighted by atomic mass is 9.96. The van der Waals surface area contributed by atoms with Gasteiger partial charge in [-0.2, -0.15) is 0 Å². The number of amides is 2. The summed E-state index contributed by atoms with van der Waals surface area (Å²) in [5.74, 6) is -0.410. The molecule has 0 bridgehead atoms. The maximum Gasteiger partial charge on any atom is 0.343 e. The Morgan fingerprint density at radius 3 is 2.60 bits per heavy atom. The average molecular weight is 643 g/mol. The highest BCUT2D eigenvalue weighted by molar-refractivity contribution is 6.19. The first-order valence-corrected chi connectivity index (χ1v) is 15.6. The Balaban J connectivity index is 1.11. The van der Waals surface area contributed by atoms with Crippen molar-refractivity contribution in [3.05, 3.63) is 125 Å². The second-order valence-corrected chi connectivity index (χ2v) is 11.9. The van der Waals surface area contributed by atoms with Gasteiger partial charge in [-0.15, -0.1) is 11.6 Å². The zero-order valence-electron chi connectivity index (χ0n) is 25.1. The van der Waals surface area contributed by atoms with Crippen LogP contribution in [0.3, 0.4) is 0 Å². The van der Waals surface area contributed by atoms with Gasteiger partial charge in [0.05, 0.1) is 16.8 Å². The van der Waals surface area contributed by atoms with Gasteiger partial charge in [0.1, 0.15) is 11.3 Å². The molecule has 0 fully saturated rings. The fourth-order valence-electron chi connectivity index (χ4n) is 6.40. The first-order valence-electron chi connectivity index (χ1n) is 15.1. The fourth-order valence-corrected chi connectivity index (χ4v) is 6.65. The van der Waals surface area contributed by atoms with E-state index in [0.29, 0.717) is 51.9 Å². The highest BCUT2D eigenvalue weighted by atomic mass is 35.5. The van der Waals surface area contributed by atoms with Crippen LogP contribution in [0.4, 0.5) is 11.4 Å². The molecule has 1 atom stereocenters. The third kappa shape index (κ3) is 4.92. The number of carbonyl (C=O) groups is 3. The average Bonchev–Trinajstić information content (AvgIpc) is 3.88. The Morgan fingerprint density at radius 1 is 0.979 bits per heavy atom. The molecule has 0 spiro atoms. The van der Waals surface area contributed by atoms with Crippen LogP contribution in [0.25, 0.3) is 32.8 Å². The van der Waals surface area contributed by atoms with Gasteiger partial charge in [-0.3, -0.25) is 9.59 Å². The summed E-state index contributed by atoms with van der Waals surface area (Å²) < 4.78 is 11.6. The number of para-hydroxylation sites is 1. The van der Waals surface area contributed by atoms with Gasteiger partial charge in [-0.05, 0) is 66.6 Å². The van der Waals surface area contributed by atoms with Gasteiger partial charge in [-0.25, -0.2) is 4.79 Å². The first kappa shape index (κ1) is 28.7. The molecule has 3 N–H and O–H groups in total. The van der Waals surface area contributed by atoms with Gasteiger partial charge in [0.2, 0.25) is 0 Å². The maximum atomic E-state index is 14.1. The molecule has 3 aromatic heterocycles. The Kier molecular flexibility index (Phi) is 6.84. The monoisotopic (exact) mass is 642 g/mol. The number of fused-ring (bicyclic) bond motifs is 5. The minimum Gasteiger partial charge on any atom is -0.451 e. The molecule has 2 amide bonds. The summed E-state index contributed by atoms with van der Waals surface area (Å²) in [5.41, 5.74) is 5.94. The molecule has 8 rings (SSSR count). The van der Waals surface area contributed by atoms with Crippen molar-refractivity contribution in [3.63, 3.8) is 0 Å². The van der Waals surface area contributed by atoms with Crippen LogP contribution in [-0.2, 0) is 0 Å². The minimum absolute atomic E-state index is 0.129. The van der Waals surface area contributed by atoms with Crippen molar-refractivity contribution in [3.8, 4) is 5.75 Å². The number of aromatic nitrogens is 2. The largest absolute Gasteiger partial charge is 0.451 e. The maximum absolute atomic E-state index is 14.1. The summed E-state index contributed by atoms with van der Waals surface area (Å²) in [5, 5.41) is 5.37. The SMILES string of the molecule is Cc1c[nH]c2c(OC(=O)c3ccccc3)cc3c(c12)[C@H](CCl)CN3C(=O)c1cc2cc(NC(=O)c3cc4ccccc4o3)ccc2[nH]1. The van der Waals surface area contributed by atoms with Crippen molar-refractivity contribution in [2.45, 2.75) is 12.8 Å². The van der Waals surface area contributed by atoms with Gasteiger partial charge >= 0.3 is 5.97 Å². The summed E-state index contributed by atoms with van der Waals surface area (Å²) in [7, 11) is 0. The molecule has 232 valence electrons. The zero-order chi connectivity index (χ0) is 32.2. The lowest BCUT2D eigenvalue weighted by Gasteiger charge is -2.18. The van der Waals surface area contributed by atoms with Gasteiger partial charge in [0.25, 0.3) is 11.8 Å². The molecule has 9 nitrogen and oxygen atoms in total. The number of esters is 1. The van der Waals surface area contributed by atoms with E-state index in [-0.39, 0.29) is 23.5 Å². The highest BCUT2D eigenvalue weighted by Crippen LogP contribution is 2.47. The van der Waals surface area contributed by atoms with Crippen LogP contribution in [0, 0.1) is 6.92 Å². The van der Waals surface area contributed by atoms with Crippen molar-refractivity contribution >= 4 is 73.5 Å². The van der Waals surface area contributed by atoms with Crippen LogP contribution in [0.5, 0.6) is 5.75 Å². The van der Waals surface area contributed by atoms with E-state index in [2.05, 4.69) is 15.3 Å². The molecule has 0 aliphatic carbocycles. The highest BCUT2D eigenvalue weighted by Gasteiger charge is 2.37. The second-order valence-electron chi connectivity index (χ2n) is 11.6. The molecule has 1 aliphatic heterocycles. The van der Waals surface area contributed by atoms with Crippen molar-refractivity contribution in [2.75, 3.05) is 22.6 Å². The molecule has 10 heteroatoms. The van der Waals surface area contributed by atoms with E-state index in [9.17, 15) is 14.4 Å². The number of nitrogens with one attached hydrogen (secondary N) is 3. The van der Waals surface area contributed by atoms with Gasteiger partial charge < -0.3 is 29.3 Å². The predicted octanol–water partition coefficient (Wildman–Crippen LogP) is 8.16. The summed E-state index contributed by atoms with van der Waals surface area (Å²) >= 11 is 6.48. The number of aryl methyl sites for hydroxylation is 1. The number of H-pyrrole nitrogens is 2. The quantitative estimate of drug-likeness (QED) is 0.0960. The van der Waals surface area contributed by atoms with Crippen LogP contribution >= 0.6 is 11.6 Å². The number of anilines is 2. The van der Waals surface area contributed by atoms with Crippen LogP contribution in [0.15, 0.2) is 102 Å². The van der Waals surface area contributed by atoms with Crippen LogP contribution in [0.1, 0.15) is 48.4 Å². The van der Waals surface area contributed by atoms with E-state index in [4.69, 9.17) is 20.8 Å². The molecular weight excluding hydrogens is 616 g/mol.